The molecular formula is C16H26N2O2. The van der Waals surface area contributed by atoms with E-state index in [0.29, 0.717) is 19.1 Å². The lowest BCUT2D eigenvalue weighted by atomic mass is 9.79. The Balaban J connectivity index is 2.04. The molecule has 1 aliphatic carbocycles. The van der Waals surface area contributed by atoms with Gasteiger partial charge in [0.25, 0.3) is 0 Å². The van der Waals surface area contributed by atoms with Crippen molar-refractivity contribution in [1.29, 1.82) is 0 Å². The van der Waals surface area contributed by atoms with Gasteiger partial charge in [0.2, 0.25) is 0 Å². The van der Waals surface area contributed by atoms with Crippen molar-refractivity contribution in [3.8, 4) is 5.75 Å². The first kappa shape index (κ1) is 15.3. The highest BCUT2D eigenvalue weighted by Crippen LogP contribution is 2.35. The average molecular weight is 278 g/mol. The predicted octanol–water partition coefficient (Wildman–Crippen LogP) is 2.82. The third-order valence-corrected chi connectivity index (χ3v) is 4.16. The van der Waals surface area contributed by atoms with Crippen molar-refractivity contribution in [2.45, 2.75) is 51.7 Å². The van der Waals surface area contributed by atoms with Gasteiger partial charge in [0, 0.05) is 24.4 Å². The van der Waals surface area contributed by atoms with Crippen molar-refractivity contribution in [1.82, 2.24) is 4.98 Å². The van der Waals surface area contributed by atoms with Gasteiger partial charge in [-0.15, -0.1) is 0 Å². The van der Waals surface area contributed by atoms with E-state index >= 15 is 0 Å². The summed E-state index contributed by atoms with van der Waals surface area (Å²) in [5.74, 6) is 1.52. The fraction of sp³-hybridized carbons (Fsp3) is 0.688. The van der Waals surface area contributed by atoms with E-state index in [-0.39, 0.29) is 5.60 Å². The molecule has 2 unspecified atom stereocenters. The normalized spacial score (nSPS) is 26.5. The second-order valence-electron chi connectivity index (χ2n) is 6.02. The van der Waals surface area contributed by atoms with Crippen LogP contribution in [0.2, 0.25) is 0 Å². The Bertz CT molecular complexity index is 450. The molecule has 0 amide bonds. The maximum atomic E-state index is 6.19. The van der Waals surface area contributed by atoms with Crippen LogP contribution in [0.1, 0.15) is 44.0 Å². The lowest BCUT2D eigenvalue weighted by Gasteiger charge is -2.39. The summed E-state index contributed by atoms with van der Waals surface area (Å²) < 4.78 is 11.5. The molecule has 1 aromatic heterocycles. The summed E-state index contributed by atoms with van der Waals surface area (Å²) in [4.78, 5) is 4.50. The molecule has 1 heterocycles. The molecule has 112 valence electrons. The second-order valence-corrected chi connectivity index (χ2v) is 6.02. The number of nitrogens with two attached hydrogens (primary N) is 1. The summed E-state index contributed by atoms with van der Waals surface area (Å²) in [6.07, 6.45) is 4.58. The molecule has 0 aromatic carbocycles. The Morgan fingerprint density at radius 1 is 1.45 bits per heavy atom. The van der Waals surface area contributed by atoms with Gasteiger partial charge in [-0.05, 0) is 25.7 Å². The predicted molar refractivity (Wildman–Crippen MR) is 79.7 cm³/mol. The average Bonchev–Trinajstić information content (AvgIpc) is 2.44. The standard InChI is InChI=1S/C16H26N2O2/c1-12-5-4-6-16(9-12,11-17)20-10-14-8-15(19-3)7-13(2)18-14/h7-8,12H,4-6,9-11,17H2,1-3H3. The zero-order valence-electron chi connectivity index (χ0n) is 12.8. The topological polar surface area (TPSA) is 57.4 Å². The minimum absolute atomic E-state index is 0.170. The van der Waals surface area contributed by atoms with Crippen molar-refractivity contribution < 1.29 is 9.47 Å². The van der Waals surface area contributed by atoms with Gasteiger partial charge in [0.1, 0.15) is 5.75 Å². The Hall–Kier alpha value is -1.13. The number of hydrogen-bond acceptors (Lipinski definition) is 4. The van der Waals surface area contributed by atoms with E-state index < -0.39 is 0 Å². The van der Waals surface area contributed by atoms with Gasteiger partial charge in [0.05, 0.1) is 25.0 Å². The third kappa shape index (κ3) is 3.70. The SMILES string of the molecule is COc1cc(C)nc(COC2(CN)CCCC(C)C2)c1. The summed E-state index contributed by atoms with van der Waals surface area (Å²) in [6, 6.07) is 3.86. The molecule has 20 heavy (non-hydrogen) atoms. The van der Waals surface area contributed by atoms with Crippen molar-refractivity contribution >= 4 is 0 Å². The molecule has 0 bridgehead atoms. The van der Waals surface area contributed by atoms with Crippen LogP contribution >= 0.6 is 0 Å². The van der Waals surface area contributed by atoms with Crippen LogP contribution in [0.15, 0.2) is 12.1 Å². The number of rotatable bonds is 5. The molecule has 0 saturated heterocycles. The smallest absolute Gasteiger partial charge is 0.122 e. The number of pyridine rings is 1. The Morgan fingerprint density at radius 3 is 2.90 bits per heavy atom. The largest absolute Gasteiger partial charge is 0.497 e. The summed E-state index contributed by atoms with van der Waals surface area (Å²) in [5, 5.41) is 0. The Morgan fingerprint density at radius 2 is 2.25 bits per heavy atom. The van der Waals surface area contributed by atoms with Crippen LogP contribution in [0.25, 0.3) is 0 Å². The summed E-state index contributed by atoms with van der Waals surface area (Å²) in [6.45, 7) is 5.33. The lowest BCUT2D eigenvalue weighted by Crippen LogP contribution is -2.44. The van der Waals surface area contributed by atoms with Gasteiger partial charge < -0.3 is 15.2 Å². The van der Waals surface area contributed by atoms with Crippen LogP contribution in [0, 0.1) is 12.8 Å². The van der Waals surface area contributed by atoms with Crippen LogP contribution in [-0.4, -0.2) is 24.2 Å². The van der Waals surface area contributed by atoms with Gasteiger partial charge in [0.15, 0.2) is 0 Å². The third-order valence-electron chi connectivity index (χ3n) is 4.16. The number of nitrogens with zero attached hydrogens (tertiary/aromatic N) is 1. The van der Waals surface area contributed by atoms with E-state index in [9.17, 15) is 0 Å². The first-order chi connectivity index (χ1) is 9.57. The van der Waals surface area contributed by atoms with Gasteiger partial charge in [-0.1, -0.05) is 19.8 Å². The number of hydrogen-bond donors (Lipinski definition) is 1. The van der Waals surface area contributed by atoms with Crippen molar-refractivity contribution in [3.05, 3.63) is 23.5 Å². The molecule has 2 N–H and O–H groups in total. The van der Waals surface area contributed by atoms with E-state index in [1.54, 1.807) is 7.11 Å². The molecule has 1 aliphatic rings. The first-order valence-electron chi connectivity index (χ1n) is 7.42. The van der Waals surface area contributed by atoms with Gasteiger partial charge in [-0.2, -0.15) is 0 Å². The van der Waals surface area contributed by atoms with Crippen LogP contribution < -0.4 is 10.5 Å². The highest BCUT2D eigenvalue weighted by Gasteiger charge is 2.34. The number of aromatic nitrogens is 1. The highest BCUT2D eigenvalue weighted by molar-refractivity contribution is 5.26. The van der Waals surface area contributed by atoms with E-state index in [0.717, 1.165) is 30.0 Å². The molecule has 1 fully saturated rings. The number of ether oxygens (including phenoxy) is 2. The maximum absolute atomic E-state index is 6.19. The fourth-order valence-electron chi connectivity index (χ4n) is 3.11. The van der Waals surface area contributed by atoms with Crippen molar-refractivity contribution in [3.63, 3.8) is 0 Å². The Kier molecular flexibility index (Phi) is 5.00. The van der Waals surface area contributed by atoms with Crippen LogP contribution in [0.5, 0.6) is 5.75 Å². The van der Waals surface area contributed by atoms with Crippen molar-refractivity contribution in [2.75, 3.05) is 13.7 Å². The zero-order chi connectivity index (χ0) is 14.6. The zero-order valence-corrected chi connectivity index (χ0v) is 12.8. The summed E-state index contributed by atoms with van der Waals surface area (Å²) in [5.41, 5.74) is 7.67. The molecule has 1 aromatic rings. The first-order valence-corrected chi connectivity index (χ1v) is 7.42. The minimum Gasteiger partial charge on any atom is -0.497 e. The van der Waals surface area contributed by atoms with Gasteiger partial charge in [-0.3, -0.25) is 4.98 Å². The second kappa shape index (κ2) is 6.55. The molecule has 0 radical (unpaired) electrons. The molecule has 0 spiro atoms. The van der Waals surface area contributed by atoms with Crippen LogP contribution in [0.3, 0.4) is 0 Å². The molecule has 4 nitrogen and oxygen atoms in total. The molecular weight excluding hydrogens is 252 g/mol. The van der Waals surface area contributed by atoms with E-state index in [1.807, 2.05) is 19.1 Å². The lowest BCUT2D eigenvalue weighted by molar-refractivity contribution is -0.0850. The molecule has 2 rings (SSSR count). The maximum Gasteiger partial charge on any atom is 0.122 e. The van der Waals surface area contributed by atoms with E-state index in [1.165, 1.54) is 12.8 Å². The summed E-state index contributed by atoms with van der Waals surface area (Å²) in [7, 11) is 1.67. The van der Waals surface area contributed by atoms with Crippen LogP contribution in [-0.2, 0) is 11.3 Å². The van der Waals surface area contributed by atoms with Gasteiger partial charge in [-0.25, -0.2) is 0 Å². The van der Waals surface area contributed by atoms with Crippen LogP contribution in [0.4, 0.5) is 0 Å². The van der Waals surface area contributed by atoms with Gasteiger partial charge >= 0.3 is 0 Å². The molecule has 2 atom stereocenters. The summed E-state index contributed by atoms with van der Waals surface area (Å²) >= 11 is 0. The van der Waals surface area contributed by atoms with Crippen molar-refractivity contribution in [2.24, 2.45) is 11.7 Å². The monoisotopic (exact) mass is 278 g/mol. The quantitative estimate of drug-likeness (QED) is 0.899. The highest BCUT2D eigenvalue weighted by atomic mass is 16.5. The fourth-order valence-corrected chi connectivity index (χ4v) is 3.11. The minimum atomic E-state index is -0.170. The van der Waals surface area contributed by atoms with E-state index in [4.69, 9.17) is 15.2 Å². The molecule has 4 heteroatoms. The number of methoxy groups -OCH3 is 1. The molecule has 0 aliphatic heterocycles. The molecule has 1 saturated carbocycles. The number of aryl methyl sites for hydroxylation is 1. The Labute approximate surface area is 121 Å². The van der Waals surface area contributed by atoms with E-state index in [2.05, 4.69) is 11.9 Å².